The Kier molecular flexibility index (Phi) is 5.50. The molecule has 3 atom stereocenters. The first-order valence-corrected chi connectivity index (χ1v) is 13.0. The van der Waals surface area contributed by atoms with Crippen molar-refractivity contribution < 1.29 is 8.42 Å². The molecule has 0 radical (unpaired) electrons. The van der Waals surface area contributed by atoms with Gasteiger partial charge in [0.1, 0.15) is 0 Å². The normalized spacial score (nSPS) is 21.3. The Bertz CT molecular complexity index is 1380. The minimum atomic E-state index is -3.75. The van der Waals surface area contributed by atoms with Crippen molar-refractivity contribution in [2.24, 2.45) is 5.92 Å². The lowest BCUT2D eigenvalue weighted by atomic mass is 9.76. The highest BCUT2D eigenvalue weighted by Gasteiger charge is 2.39. The van der Waals surface area contributed by atoms with Crippen LogP contribution in [0.3, 0.4) is 0 Å². The van der Waals surface area contributed by atoms with E-state index in [9.17, 15) is 8.42 Å². The van der Waals surface area contributed by atoms with E-state index in [4.69, 9.17) is 11.6 Å². The molecule has 0 spiro atoms. The number of anilines is 2. The van der Waals surface area contributed by atoms with Gasteiger partial charge in [0.25, 0.3) is 10.0 Å². The van der Waals surface area contributed by atoms with Gasteiger partial charge in [-0.15, -0.1) is 0 Å². The van der Waals surface area contributed by atoms with E-state index in [2.05, 4.69) is 54.2 Å². The molecule has 2 N–H and O–H groups in total. The average molecular weight is 479 g/mol. The minimum Gasteiger partial charge on any atom is -0.378 e. The molecule has 5 rings (SSSR count). The van der Waals surface area contributed by atoms with E-state index in [0.29, 0.717) is 16.6 Å². The summed E-state index contributed by atoms with van der Waals surface area (Å²) in [7, 11) is -3.75. The summed E-state index contributed by atoms with van der Waals surface area (Å²) in [5.74, 6) is 0.522. The van der Waals surface area contributed by atoms with Crippen LogP contribution in [0.4, 0.5) is 11.4 Å². The van der Waals surface area contributed by atoms with Crippen LogP contribution < -0.4 is 10.0 Å². The molecule has 6 heteroatoms. The number of hydrogen-bond donors (Lipinski definition) is 2. The topological polar surface area (TPSA) is 58.2 Å². The largest absolute Gasteiger partial charge is 0.378 e. The van der Waals surface area contributed by atoms with Crippen LogP contribution in [0.2, 0.25) is 5.02 Å². The maximum atomic E-state index is 13.2. The van der Waals surface area contributed by atoms with E-state index in [1.807, 2.05) is 19.1 Å². The van der Waals surface area contributed by atoms with Crippen molar-refractivity contribution in [1.82, 2.24) is 0 Å². The van der Waals surface area contributed by atoms with Crippen molar-refractivity contribution in [3.05, 3.63) is 99.6 Å². The predicted molar refractivity (Wildman–Crippen MR) is 136 cm³/mol. The average Bonchev–Trinajstić information content (AvgIpc) is 3.27. The highest BCUT2D eigenvalue weighted by molar-refractivity contribution is 7.92. The van der Waals surface area contributed by atoms with Crippen molar-refractivity contribution >= 4 is 33.0 Å². The summed E-state index contributed by atoms with van der Waals surface area (Å²) in [4.78, 5) is 0.256. The zero-order chi connectivity index (χ0) is 23.3. The summed E-state index contributed by atoms with van der Waals surface area (Å²) < 4.78 is 29.1. The van der Waals surface area contributed by atoms with Gasteiger partial charge in [-0.2, -0.15) is 0 Å². The maximum absolute atomic E-state index is 13.2. The van der Waals surface area contributed by atoms with Crippen LogP contribution in [-0.2, 0) is 10.0 Å². The van der Waals surface area contributed by atoms with Crippen molar-refractivity contribution in [1.29, 1.82) is 0 Å². The van der Waals surface area contributed by atoms with Crippen molar-refractivity contribution in [3.63, 3.8) is 0 Å². The third-order valence-corrected chi connectivity index (χ3v) is 8.46. The minimum absolute atomic E-state index is 0.175. The van der Waals surface area contributed by atoms with Crippen molar-refractivity contribution in [2.45, 2.75) is 44.0 Å². The van der Waals surface area contributed by atoms with Crippen LogP contribution in [0.5, 0.6) is 0 Å². The zero-order valence-corrected chi connectivity index (χ0v) is 20.5. The van der Waals surface area contributed by atoms with E-state index < -0.39 is 10.0 Å². The van der Waals surface area contributed by atoms with E-state index in [-0.39, 0.29) is 16.9 Å². The van der Waals surface area contributed by atoms with Crippen LogP contribution in [0.1, 0.15) is 46.2 Å². The van der Waals surface area contributed by atoms with Crippen LogP contribution >= 0.6 is 11.6 Å². The van der Waals surface area contributed by atoms with Crippen LogP contribution in [-0.4, -0.2) is 8.42 Å². The first-order chi connectivity index (χ1) is 15.7. The number of fused-ring (bicyclic) bond motifs is 3. The fraction of sp³-hybridized carbons (Fsp3) is 0.259. The number of benzene rings is 3. The van der Waals surface area contributed by atoms with Crippen LogP contribution in [0, 0.1) is 26.7 Å². The number of allylic oxidation sites excluding steroid dienone is 2. The third-order valence-electron chi connectivity index (χ3n) is 6.86. The highest BCUT2D eigenvalue weighted by Crippen LogP contribution is 2.50. The number of aryl methyl sites for hydroxylation is 3. The molecule has 0 bridgehead atoms. The molecule has 1 heterocycles. The van der Waals surface area contributed by atoms with Crippen molar-refractivity contribution in [2.75, 3.05) is 10.0 Å². The van der Waals surface area contributed by atoms with Gasteiger partial charge in [0.05, 0.1) is 16.6 Å². The fourth-order valence-electron chi connectivity index (χ4n) is 5.05. The number of hydrogen-bond acceptors (Lipinski definition) is 3. The van der Waals surface area contributed by atoms with Gasteiger partial charge >= 0.3 is 0 Å². The summed E-state index contributed by atoms with van der Waals surface area (Å²) in [5, 5.41) is 4.22. The van der Waals surface area contributed by atoms with E-state index >= 15 is 0 Å². The van der Waals surface area contributed by atoms with Gasteiger partial charge < -0.3 is 5.32 Å². The second-order valence-electron chi connectivity index (χ2n) is 9.15. The Hall–Kier alpha value is -2.76. The lowest BCUT2D eigenvalue weighted by Gasteiger charge is -2.38. The summed E-state index contributed by atoms with van der Waals surface area (Å²) in [6.45, 7) is 6.13. The molecule has 2 aliphatic rings. The molecule has 170 valence electrons. The zero-order valence-electron chi connectivity index (χ0n) is 18.9. The monoisotopic (exact) mass is 478 g/mol. The number of sulfonamides is 1. The standard InChI is InChI=1S/C27H27ClN2O2S/c1-16-7-8-17(2)23(13-16)27-22-6-4-5-21(22)24-15-20(11-12-25(24)29-27)33(31,32)30-26-14-19(28)10-9-18(26)3/h4-5,7-15,21-22,27,29-30H,6H2,1-3H3/t21-,22+,27-/m0/s1. The summed E-state index contributed by atoms with van der Waals surface area (Å²) >= 11 is 6.08. The number of halogens is 1. The molecular weight excluding hydrogens is 452 g/mol. The quantitative estimate of drug-likeness (QED) is 0.401. The molecule has 33 heavy (non-hydrogen) atoms. The van der Waals surface area contributed by atoms with Gasteiger partial charge in [0, 0.05) is 16.6 Å². The Labute approximate surface area is 200 Å². The lowest BCUT2D eigenvalue weighted by Crippen LogP contribution is -2.30. The first-order valence-electron chi connectivity index (χ1n) is 11.2. The second-order valence-corrected chi connectivity index (χ2v) is 11.3. The number of rotatable bonds is 4. The molecule has 0 unspecified atom stereocenters. The van der Waals surface area contributed by atoms with E-state index in [1.165, 1.54) is 16.7 Å². The molecule has 3 aromatic carbocycles. The third kappa shape index (κ3) is 4.04. The van der Waals surface area contributed by atoms with Gasteiger partial charge in [-0.3, -0.25) is 4.72 Å². The van der Waals surface area contributed by atoms with Gasteiger partial charge in [-0.25, -0.2) is 8.42 Å². The van der Waals surface area contributed by atoms with Gasteiger partial charge in [0.2, 0.25) is 0 Å². The predicted octanol–water partition coefficient (Wildman–Crippen LogP) is 6.89. The summed E-state index contributed by atoms with van der Waals surface area (Å²) in [5.41, 5.74) is 7.16. The van der Waals surface area contributed by atoms with Crippen LogP contribution in [0.15, 0.2) is 71.6 Å². The Balaban J connectivity index is 1.52. The lowest BCUT2D eigenvalue weighted by molar-refractivity contribution is 0.424. The van der Waals surface area contributed by atoms with Gasteiger partial charge in [-0.05, 0) is 85.7 Å². The van der Waals surface area contributed by atoms with E-state index in [1.54, 1.807) is 24.3 Å². The highest BCUT2D eigenvalue weighted by atomic mass is 35.5. The fourth-order valence-corrected chi connectivity index (χ4v) is 6.38. The summed E-state index contributed by atoms with van der Waals surface area (Å²) in [6, 6.07) is 17.4. The molecule has 1 aliphatic heterocycles. The first kappa shape index (κ1) is 22.1. The SMILES string of the molecule is Cc1ccc(C)c([C@H]2Nc3ccc(S(=O)(=O)Nc4cc(Cl)ccc4C)cc3[C@H]3C=CC[C@H]32)c1. The Morgan fingerprint density at radius 2 is 1.73 bits per heavy atom. The molecular formula is C27H27ClN2O2S. The molecule has 0 aromatic heterocycles. The molecule has 3 aromatic rings. The molecule has 0 saturated carbocycles. The Morgan fingerprint density at radius 1 is 0.939 bits per heavy atom. The van der Waals surface area contributed by atoms with Gasteiger partial charge in [-0.1, -0.05) is 53.6 Å². The van der Waals surface area contributed by atoms with Gasteiger partial charge in [0.15, 0.2) is 0 Å². The van der Waals surface area contributed by atoms with E-state index in [0.717, 1.165) is 23.2 Å². The van der Waals surface area contributed by atoms with Crippen molar-refractivity contribution in [3.8, 4) is 0 Å². The maximum Gasteiger partial charge on any atom is 0.261 e. The molecule has 0 amide bonds. The smallest absolute Gasteiger partial charge is 0.261 e. The van der Waals surface area contributed by atoms with Crippen LogP contribution in [0.25, 0.3) is 0 Å². The second kappa shape index (κ2) is 8.23. The molecule has 0 saturated heterocycles. The molecule has 1 aliphatic carbocycles. The molecule has 4 nitrogen and oxygen atoms in total. The Morgan fingerprint density at radius 3 is 2.55 bits per heavy atom. The summed E-state index contributed by atoms with van der Waals surface area (Å²) in [6.07, 6.45) is 5.42. The number of nitrogens with one attached hydrogen (secondary N) is 2. The molecule has 0 fully saturated rings.